The molecule has 0 aliphatic heterocycles. The Labute approximate surface area is 113 Å². The van der Waals surface area contributed by atoms with Crippen molar-refractivity contribution < 1.29 is 9.59 Å². The van der Waals surface area contributed by atoms with Crippen LogP contribution in [0.15, 0.2) is 25.3 Å². The Balaban J connectivity index is -0.000000208. The summed E-state index contributed by atoms with van der Waals surface area (Å²) >= 11 is 0. The molecule has 0 heterocycles. The van der Waals surface area contributed by atoms with Crippen molar-refractivity contribution in [3.8, 4) is 0 Å². The van der Waals surface area contributed by atoms with Gasteiger partial charge < -0.3 is 11.1 Å². The Kier molecular flexibility index (Phi) is 17.8. The third-order valence-electron chi connectivity index (χ3n) is 1.39. The molecular formula is C10H19N2NaO2. The van der Waals surface area contributed by atoms with E-state index in [-0.39, 0.29) is 41.5 Å². The number of hydrogen-bond donors (Lipinski definition) is 2. The molecule has 0 fully saturated rings. The topological polar surface area (TPSA) is 72.2 Å². The summed E-state index contributed by atoms with van der Waals surface area (Å²) in [6.07, 6.45) is 3.30. The van der Waals surface area contributed by atoms with E-state index in [2.05, 4.69) is 24.2 Å². The zero-order valence-corrected chi connectivity index (χ0v) is 8.75. The van der Waals surface area contributed by atoms with Gasteiger partial charge >= 0.3 is 29.6 Å². The molecule has 0 aromatic heterocycles. The third kappa shape index (κ3) is 19.7. The zero-order chi connectivity index (χ0) is 11.6. The van der Waals surface area contributed by atoms with Crippen molar-refractivity contribution in [2.24, 2.45) is 5.73 Å². The molecule has 15 heavy (non-hydrogen) atoms. The molecule has 5 heteroatoms. The average Bonchev–Trinajstić information content (AvgIpc) is 2.18. The standard InChI is InChI=1S/C7H13NO.C3H5NO.Na.H/c1-4-6(3)8-7(9)5-2;1-2-3(4)5;;/h5-6H,2,4H2,1,3H3,(H,8,9);2H,1H2,(H2,4,5);;. The molecule has 0 aliphatic rings. The number of primary amides is 1. The Morgan fingerprint density at radius 2 is 1.80 bits per heavy atom. The molecule has 0 bridgehead atoms. The first kappa shape index (κ1) is 19.9. The first-order valence-corrected chi connectivity index (χ1v) is 4.32. The van der Waals surface area contributed by atoms with E-state index in [9.17, 15) is 9.59 Å². The van der Waals surface area contributed by atoms with Crippen molar-refractivity contribution in [1.29, 1.82) is 0 Å². The number of nitrogens with two attached hydrogens (primary N) is 1. The van der Waals surface area contributed by atoms with Crippen LogP contribution in [0, 0.1) is 0 Å². The summed E-state index contributed by atoms with van der Waals surface area (Å²) in [6, 6.07) is 0.260. The van der Waals surface area contributed by atoms with Gasteiger partial charge in [-0.2, -0.15) is 0 Å². The predicted octanol–water partition coefficient (Wildman–Crippen LogP) is 0.0963. The molecule has 0 aromatic carbocycles. The van der Waals surface area contributed by atoms with Crippen LogP contribution in [0.5, 0.6) is 0 Å². The van der Waals surface area contributed by atoms with Gasteiger partial charge in [-0.15, -0.1) is 0 Å². The van der Waals surface area contributed by atoms with Gasteiger partial charge in [0.2, 0.25) is 11.8 Å². The number of carbonyl (C=O) groups is 2. The van der Waals surface area contributed by atoms with E-state index in [1.54, 1.807) is 0 Å². The van der Waals surface area contributed by atoms with Crippen LogP contribution >= 0.6 is 0 Å². The van der Waals surface area contributed by atoms with Crippen LogP contribution in [0.25, 0.3) is 0 Å². The molecule has 82 valence electrons. The summed E-state index contributed by atoms with van der Waals surface area (Å²) < 4.78 is 0. The maximum absolute atomic E-state index is 10.6. The van der Waals surface area contributed by atoms with Crippen LogP contribution in [0.3, 0.4) is 0 Å². The number of hydrogen-bond acceptors (Lipinski definition) is 2. The van der Waals surface area contributed by atoms with Gasteiger partial charge in [0.05, 0.1) is 0 Å². The number of carbonyl (C=O) groups excluding carboxylic acids is 2. The predicted molar refractivity (Wildman–Crippen MR) is 64.6 cm³/mol. The molecular weight excluding hydrogens is 203 g/mol. The molecule has 3 N–H and O–H groups in total. The number of rotatable bonds is 4. The van der Waals surface area contributed by atoms with Gasteiger partial charge in [-0.1, -0.05) is 20.1 Å². The van der Waals surface area contributed by atoms with Crippen molar-refractivity contribution in [2.75, 3.05) is 0 Å². The number of amides is 2. The molecule has 0 saturated carbocycles. The van der Waals surface area contributed by atoms with Crippen molar-refractivity contribution in [3.05, 3.63) is 25.3 Å². The Hall–Kier alpha value is -0.580. The number of nitrogens with one attached hydrogen (secondary N) is 1. The molecule has 0 radical (unpaired) electrons. The fraction of sp³-hybridized carbons (Fsp3) is 0.400. The monoisotopic (exact) mass is 222 g/mol. The third-order valence-corrected chi connectivity index (χ3v) is 1.39. The first-order valence-electron chi connectivity index (χ1n) is 4.32. The van der Waals surface area contributed by atoms with Crippen LogP contribution in [0.4, 0.5) is 0 Å². The Bertz CT molecular complexity index is 217. The SMILES string of the molecule is C=CC(=O)NC(C)CC.C=CC(N)=O.[NaH]. The average molecular weight is 222 g/mol. The van der Waals surface area contributed by atoms with Gasteiger partial charge in [0, 0.05) is 6.04 Å². The molecule has 4 nitrogen and oxygen atoms in total. The van der Waals surface area contributed by atoms with Gasteiger partial charge in [0.25, 0.3) is 0 Å². The molecule has 0 aliphatic carbocycles. The van der Waals surface area contributed by atoms with Crippen LogP contribution in [-0.4, -0.2) is 47.4 Å². The van der Waals surface area contributed by atoms with E-state index in [1.807, 2.05) is 13.8 Å². The second-order valence-electron chi connectivity index (χ2n) is 2.63. The van der Waals surface area contributed by atoms with Gasteiger partial charge in [0.1, 0.15) is 0 Å². The van der Waals surface area contributed by atoms with E-state index >= 15 is 0 Å². The summed E-state index contributed by atoms with van der Waals surface area (Å²) in [5, 5.41) is 2.72. The summed E-state index contributed by atoms with van der Waals surface area (Å²) in [5.41, 5.74) is 4.53. The van der Waals surface area contributed by atoms with Crippen molar-refractivity contribution in [2.45, 2.75) is 26.3 Å². The van der Waals surface area contributed by atoms with E-state index in [4.69, 9.17) is 0 Å². The summed E-state index contributed by atoms with van der Waals surface area (Å²) in [5.74, 6) is -0.575. The van der Waals surface area contributed by atoms with Gasteiger partial charge in [-0.25, -0.2) is 0 Å². The fourth-order valence-corrected chi connectivity index (χ4v) is 0.404. The van der Waals surface area contributed by atoms with Crippen molar-refractivity contribution in [3.63, 3.8) is 0 Å². The maximum atomic E-state index is 10.6. The quantitative estimate of drug-likeness (QED) is 0.523. The second-order valence-corrected chi connectivity index (χ2v) is 2.63. The van der Waals surface area contributed by atoms with Gasteiger partial charge in [-0.05, 0) is 25.5 Å². The molecule has 0 aromatic rings. The normalized spacial score (nSPS) is 9.47. The van der Waals surface area contributed by atoms with Crippen molar-refractivity contribution >= 4 is 41.4 Å². The van der Waals surface area contributed by atoms with Gasteiger partial charge in [0.15, 0.2) is 0 Å². The summed E-state index contributed by atoms with van der Waals surface area (Å²) in [6.45, 7) is 10.4. The van der Waals surface area contributed by atoms with E-state index < -0.39 is 5.91 Å². The second kappa shape index (κ2) is 13.4. The molecule has 1 unspecified atom stereocenters. The van der Waals surface area contributed by atoms with Crippen molar-refractivity contribution in [1.82, 2.24) is 5.32 Å². The zero-order valence-electron chi connectivity index (χ0n) is 8.75. The van der Waals surface area contributed by atoms with Crippen LogP contribution < -0.4 is 11.1 Å². The minimum absolute atomic E-state index is 0. The molecule has 0 rings (SSSR count). The van der Waals surface area contributed by atoms with Gasteiger partial charge in [-0.3, -0.25) is 9.59 Å². The van der Waals surface area contributed by atoms with E-state index in [1.165, 1.54) is 6.08 Å². The Morgan fingerprint density at radius 3 is 2.00 bits per heavy atom. The van der Waals surface area contributed by atoms with E-state index in [0.717, 1.165) is 12.5 Å². The summed E-state index contributed by atoms with van der Waals surface area (Å²) in [4.78, 5) is 20.0. The molecule has 2 amide bonds. The van der Waals surface area contributed by atoms with Crippen LogP contribution in [0.2, 0.25) is 0 Å². The van der Waals surface area contributed by atoms with E-state index in [0.29, 0.717) is 0 Å². The Morgan fingerprint density at radius 1 is 1.40 bits per heavy atom. The molecule has 0 spiro atoms. The molecule has 0 saturated heterocycles. The fourth-order valence-electron chi connectivity index (χ4n) is 0.404. The summed E-state index contributed by atoms with van der Waals surface area (Å²) in [7, 11) is 0. The molecule has 1 atom stereocenters. The minimum atomic E-state index is -0.481. The first-order chi connectivity index (χ1) is 6.47. The van der Waals surface area contributed by atoms with Crippen LogP contribution in [0.1, 0.15) is 20.3 Å². The van der Waals surface area contributed by atoms with Crippen LogP contribution in [-0.2, 0) is 9.59 Å².